The number of carbonyl (C=O) groups excluding carboxylic acids is 1. The highest BCUT2D eigenvalue weighted by atomic mass is 16.5. The minimum atomic E-state index is -0.776. The standard InChI is InChI=1S/C11H15NO3/c1-8-2-3-9(4-5-13)6-10(8)7-15-11(12)14/h2-3,6,13H,4-5,7H2,1H3,(H2,12,14). The number of hydrogen-bond donors (Lipinski definition) is 2. The zero-order valence-corrected chi connectivity index (χ0v) is 8.69. The molecule has 0 bridgehead atoms. The maximum absolute atomic E-state index is 10.5. The molecule has 0 radical (unpaired) electrons. The molecule has 0 aliphatic carbocycles. The Morgan fingerprint density at radius 3 is 2.87 bits per heavy atom. The van der Waals surface area contributed by atoms with E-state index in [0.717, 1.165) is 16.7 Å². The summed E-state index contributed by atoms with van der Waals surface area (Å²) in [4.78, 5) is 10.5. The largest absolute Gasteiger partial charge is 0.445 e. The van der Waals surface area contributed by atoms with Crippen molar-refractivity contribution in [3.05, 3.63) is 34.9 Å². The van der Waals surface area contributed by atoms with Crippen LogP contribution >= 0.6 is 0 Å². The molecule has 0 aromatic heterocycles. The molecule has 0 saturated carbocycles. The van der Waals surface area contributed by atoms with Gasteiger partial charge in [0.1, 0.15) is 6.61 Å². The van der Waals surface area contributed by atoms with Crippen LogP contribution in [0.3, 0.4) is 0 Å². The van der Waals surface area contributed by atoms with E-state index in [4.69, 9.17) is 15.6 Å². The molecule has 0 aliphatic rings. The van der Waals surface area contributed by atoms with Gasteiger partial charge in [0.15, 0.2) is 0 Å². The quantitative estimate of drug-likeness (QED) is 0.780. The first kappa shape index (κ1) is 11.5. The Labute approximate surface area is 88.7 Å². The van der Waals surface area contributed by atoms with E-state index in [9.17, 15) is 4.79 Å². The summed E-state index contributed by atoms with van der Waals surface area (Å²) in [6, 6.07) is 5.79. The third kappa shape index (κ3) is 3.59. The van der Waals surface area contributed by atoms with Crippen molar-refractivity contribution < 1.29 is 14.6 Å². The van der Waals surface area contributed by atoms with Crippen LogP contribution in [-0.4, -0.2) is 17.8 Å². The number of rotatable bonds is 4. The number of aryl methyl sites for hydroxylation is 1. The van der Waals surface area contributed by atoms with Gasteiger partial charge in [-0.15, -0.1) is 0 Å². The van der Waals surface area contributed by atoms with Crippen molar-refractivity contribution in [2.45, 2.75) is 20.0 Å². The fraction of sp³-hybridized carbons (Fsp3) is 0.364. The Morgan fingerprint density at radius 1 is 1.53 bits per heavy atom. The second-order valence-corrected chi connectivity index (χ2v) is 3.34. The predicted octanol–water partition coefficient (Wildman–Crippen LogP) is 1.13. The molecule has 0 atom stereocenters. The van der Waals surface area contributed by atoms with E-state index < -0.39 is 6.09 Å². The molecular weight excluding hydrogens is 194 g/mol. The summed E-state index contributed by atoms with van der Waals surface area (Å²) in [7, 11) is 0. The van der Waals surface area contributed by atoms with Gasteiger partial charge in [0.25, 0.3) is 0 Å². The van der Waals surface area contributed by atoms with E-state index in [1.54, 1.807) is 0 Å². The summed E-state index contributed by atoms with van der Waals surface area (Å²) >= 11 is 0. The normalized spacial score (nSPS) is 10.0. The van der Waals surface area contributed by atoms with Gasteiger partial charge < -0.3 is 15.6 Å². The molecule has 0 unspecified atom stereocenters. The second kappa shape index (κ2) is 5.36. The van der Waals surface area contributed by atoms with Crippen LogP contribution in [0.15, 0.2) is 18.2 Å². The minimum Gasteiger partial charge on any atom is -0.445 e. The van der Waals surface area contributed by atoms with Crippen LogP contribution in [-0.2, 0) is 17.8 Å². The molecule has 0 saturated heterocycles. The number of carbonyl (C=O) groups is 1. The molecule has 1 aromatic rings. The number of aliphatic hydroxyl groups is 1. The van der Waals surface area contributed by atoms with E-state index in [-0.39, 0.29) is 13.2 Å². The van der Waals surface area contributed by atoms with Crippen molar-refractivity contribution in [2.75, 3.05) is 6.61 Å². The molecule has 0 heterocycles. The Hall–Kier alpha value is -1.55. The van der Waals surface area contributed by atoms with Gasteiger partial charge in [-0.2, -0.15) is 0 Å². The molecule has 4 nitrogen and oxygen atoms in total. The van der Waals surface area contributed by atoms with Gasteiger partial charge in [-0.3, -0.25) is 0 Å². The fourth-order valence-electron chi connectivity index (χ4n) is 1.31. The third-order valence-corrected chi connectivity index (χ3v) is 2.18. The first-order chi connectivity index (χ1) is 7.13. The van der Waals surface area contributed by atoms with Gasteiger partial charge in [-0.1, -0.05) is 18.2 Å². The average Bonchev–Trinajstić information content (AvgIpc) is 2.19. The summed E-state index contributed by atoms with van der Waals surface area (Å²) in [6.07, 6.45) is -0.175. The number of primary amides is 1. The molecule has 4 heteroatoms. The Morgan fingerprint density at radius 2 is 2.27 bits per heavy atom. The van der Waals surface area contributed by atoms with Crippen LogP contribution in [0.25, 0.3) is 0 Å². The second-order valence-electron chi connectivity index (χ2n) is 3.34. The van der Waals surface area contributed by atoms with Gasteiger partial charge in [-0.05, 0) is 30.0 Å². The lowest BCUT2D eigenvalue weighted by atomic mass is 10.0. The number of nitrogens with two attached hydrogens (primary N) is 1. The van der Waals surface area contributed by atoms with Gasteiger partial charge >= 0.3 is 6.09 Å². The molecule has 1 rings (SSSR count). The molecule has 0 fully saturated rings. The smallest absolute Gasteiger partial charge is 0.404 e. The number of amides is 1. The first-order valence-corrected chi connectivity index (χ1v) is 4.75. The molecule has 15 heavy (non-hydrogen) atoms. The van der Waals surface area contributed by atoms with E-state index in [1.165, 1.54) is 0 Å². The Bertz CT molecular complexity index is 350. The van der Waals surface area contributed by atoms with Crippen LogP contribution in [0.4, 0.5) is 4.79 Å². The molecular formula is C11H15NO3. The number of hydrogen-bond acceptors (Lipinski definition) is 3. The monoisotopic (exact) mass is 209 g/mol. The lowest BCUT2D eigenvalue weighted by Gasteiger charge is -2.08. The SMILES string of the molecule is Cc1ccc(CCO)cc1COC(N)=O. The van der Waals surface area contributed by atoms with Crippen molar-refractivity contribution in [3.63, 3.8) is 0 Å². The summed E-state index contributed by atoms with van der Waals surface area (Å²) in [6.45, 7) is 2.22. The lowest BCUT2D eigenvalue weighted by molar-refractivity contribution is 0.150. The van der Waals surface area contributed by atoms with Crippen molar-refractivity contribution in [1.29, 1.82) is 0 Å². The number of benzene rings is 1. The summed E-state index contributed by atoms with van der Waals surface area (Å²) in [5.41, 5.74) is 7.86. The zero-order valence-electron chi connectivity index (χ0n) is 8.69. The van der Waals surface area contributed by atoms with Gasteiger partial charge in [0.2, 0.25) is 0 Å². The maximum atomic E-state index is 10.5. The molecule has 3 N–H and O–H groups in total. The number of aliphatic hydroxyl groups excluding tert-OH is 1. The highest BCUT2D eigenvalue weighted by Crippen LogP contribution is 2.12. The van der Waals surface area contributed by atoms with Crippen molar-refractivity contribution >= 4 is 6.09 Å². The Balaban J connectivity index is 2.75. The van der Waals surface area contributed by atoms with Crippen LogP contribution in [0.5, 0.6) is 0 Å². The molecule has 0 aliphatic heterocycles. The van der Waals surface area contributed by atoms with E-state index in [0.29, 0.717) is 6.42 Å². The molecule has 82 valence electrons. The summed E-state index contributed by atoms with van der Waals surface area (Å²) in [5, 5.41) is 8.79. The van der Waals surface area contributed by atoms with Crippen LogP contribution in [0.2, 0.25) is 0 Å². The number of ether oxygens (including phenoxy) is 1. The highest BCUT2D eigenvalue weighted by Gasteiger charge is 2.02. The van der Waals surface area contributed by atoms with Crippen molar-refractivity contribution in [3.8, 4) is 0 Å². The predicted molar refractivity (Wildman–Crippen MR) is 56.3 cm³/mol. The molecule has 0 spiro atoms. The van der Waals surface area contributed by atoms with E-state index in [2.05, 4.69) is 0 Å². The van der Waals surface area contributed by atoms with Crippen molar-refractivity contribution in [2.24, 2.45) is 5.73 Å². The fourth-order valence-corrected chi connectivity index (χ4v) is 1.31. The Kier molecular flexibility index (Phi) is 4.12. The van der Waals surface area contributed by atoms with Crippen LogP contribution < -0.4 is 5.73 Å². The van der Waals surface area contributed by atoms with Crippen LogP contribution in [0.1, 0.15) is 16.7 Å². The van der Waals surface area contributed by atoms with E-state index >= 15 is 0 Å². The maximum Gasteiger partial charge on any atom is 0.404 e. The van der Waals surface area contributed by atoms with Gasteiger partial charge in [0, 0.05) is 6.61 Å². The molecule has 1 amide bonds. The average molecular weight is 209 g/mol. The zero-order chi connectivity index (χ0) is 11.3. The molecule has 1 aromatic carbocycles. The van der Waals surface area contributed by atoms with Crippen molar-refractivity contribution in [1.82, 2.24) is 0 Å². The lowest BCUT2D eigenvalue weighted by Crippen LogP contribution is -2.13. The topological polar surface area (TPSA) is 72.6 Å². The van der Waals surface area contributed by atoms with Gasteiger partial charge in [-0.25, -0.2) is 4.79 Å². The highest BCUT2D eigenvalue weighted by molar-refractivity contribution is 5.64. The summed E-state index contributed by atoms with van der Waals surface area (Å²) in [5.74, 6) is 0. The summed E-state index contributed by atoms with van der Waals surface area (Å²) < 4.78 is 4.72. The van der Waals surface area contributed by atoms with E-state index in [1.807, 2.05) is 25.1 Å². The third-order valence-electron chi connectivity index (χ3n) is 2.18. The minimum absolute atomic E-state index is 0.110. The first-order valence-electron chi connectivity index (χ1n) is 4.75. The van der Waals surface area contributed by atoms with Crippen LogP contribution in [0, 0.1) is 6.92 Å². The van der Waals surface area contributed by atoms with Gasteiger partial charge in [0.05, 0.1) is 0 Å².